The van der Waals surface area contributed by atoms with Crippen LogP contribution in [0.4, 0.5) is 4.79 Å². The van der Waals surface area contributed by atoms with Crippen molar-refractivity contribution in [2.75, 3.05) is 39.3 Å². The Bertz CT molecular complexity index is 1020. The van der Waals surface area contributed by atoms with Crippen LogP contribution in [0.2, 0.25) is 5.02 Å². The van der Waals surface area contributed by atoms with Gasteiger partial charge in [0.05, 0.1) is 12.1 Å². The first-order valence-electron chi connectivity index (χ1n) is 13.2. The number of piperazine rings is 2. The van der Waals surface area contributed by atoms with Crippen LogP contribution in [0.3, 0.4) is 0 Å². The van der Waals surface area contributed by atoms with Crippen molar-refractivity contribution >= 4 is 17.7 Å². The second-order valence-corrected chi connectivity index (χ2v) is 11.5. The van der Waals surface area contributed by atoms with Crippen LogP contribution in [0.25, 0.3) is 0 Å². The number of nitrogens with zero attached hydrogens (tertiary/aromatic N) is 3. The summed E-state index contributed by atoms with van der Waals surface area (Å²) in [7, 11) is 0. The number of carbonyl (C=O) groups is 1. The molecule has 1 N–H and O–H groups in total. The lowest BCUT2D eigenvalue weighted by Crippen LogP contribution is -2.54. The molecule has 194 valence electrons. The number of fused-ring (bicyclic) bond motifs is 2. The molecule has 0 aliphatic carbocycles. The Morgan fingerprint density at radius 3 is 2.58 bits per heavy atom. The maximum atomic E-state index is 12.0. The predicted molar refractivity (Wildman–Crippen MR) is 145 cm³/mol. The van der Waals surface area contributed by atoms with Gasteiger partial charge in [-0.1, -0.05) is 35.4 Å². The van der Waals surface area contributed by atoms with Crippen molar-refractivity contribution in [3.63, 3.8) is 0 Å². The van der Waals surface area contributed by atoms with Crippen LogP contribution < -0.4 is 5.32 Å². The number of hydrogen-bond acceptors (Lipinski definition) is 5. The van der Waals surface area contributed by atoms with E-state index < -0.39 is 5.60 Å². The van der Waals surface area contributed by atoms with Gasteiger partial charge >= 0.3 is 6.09 Å². The molecule has 0 aromatic heterocycles. The summed E-state index contributed by atoms with van der Waals surface area (Å²) in [5, 5.41) is 4.21. The van der Waals surface area contributed by atoms with Crippen LogP contribution >= 0.6 is 11.6 Å². The van der Waals surface area contributed by atoms with Gasteiger partial charge in [0.1, 0.15) is 5.60 Å². The number of amides is 1. The first-order chi connectivity index (χ1) is 17.2. The maximum absolute atomic E-state index is 12.0. The van der Waals surface area contributed by atoms with E-state index in [0.29, 0.717) is 24.7 Å². The highest BCUT2D eigenvalue weighted by molar-refractivity contribution is 6.30. The zero-order chi connectivity index (χ0) is 25.7. The van der Waals surface area contributed by atoms with Gasteiger partial charge in [0.2, 0.25) is 0 Å². The summed E-state index contributed by atoms with van der Waals surface area (Å²) in [6.07, 6.45) is 9.90. The number of terminal acetylenes is 1. The van der Waals surface area contributed by atoms with E-state index in [2.05, 4.69) is 32.9 Å². The third-order valence-corrected chi connectivity index (χ3v) is 7.56. The first kappa shape index (κ1) is 26.8. The Morgan fingerprint density at radius 1 is 1.08 bits per heavy atom. The van der Waals surface area contributed by atoms with Crippen LogP contribution in [0.15, 0.2) is 24.3 Å². The topological polar surface area (TPSA) is 48.1 Å². The minimum Gasteiger partial charge on any atom is -0.444 e. The van der Waals surface area contributed by atoms with E-state index in [-0.39, 0.29) is 12.1 Å². The fraction of sp³-hybridized carbons (Fsp3) is 0.621. The van der Waals surface area contributed by atoms with Crippen molar-refractivity contribution in [2.24, 2.45) is 0 Å². The van der Waals surface area contributed by atoms with Crippen LogP contribution in [-0.4, -0.2) is 89.8 Å². The van der Waals surface area contributed by atoms with Crippen LogP contribution in [-0.2, 0) is 4.74 Å². The summed E-state index contributed by atoms with van der Waals surface area (Å²) >= 11 is 5.96. The Labute approximate surface area is 221 Å². The quantitative estimate of drug-likeness (QED) is 0.537. The van der Waals surface area contributed by atoms with Gasteiger partial charge in [-0.25, -0.2) is 4.79 Å². The molecule has 4 atom stereocenters. The molecule has 1 aromatic carbocycles. The molecule has 0 saturated carbocycles. The van der Waals surface area contributed by atoms with Gasteiger partial charge < -0.3 is 15.0 Å². The summed E-state index contributed by atoms with van der Waals surface area (Å²) in [5.74, 6) is 9.51. The summed E-state index contributed by atoms with van der Waals surface area (Å²) in [6, 6.07) is 9.57. The standard InChI is InChI=1S/C15H17ClN2.C14H22N2O2/c16-13-3-1-2-12(10-13)4-5-14-6-7-15-11-17-8-9-18(14)15;1-5-11-6-7-12-10-15(8-9-16(11)12)13(17)18-14(2,3)4/h1-3,10,14-15,17H,6-9,11H2;1,11-12H,6-10H2,2-4H3/t14-,15-;11-,12-/m00/s1. The Hall–Kier alpha value is -2.22. The van der Waals surface area contributed by atoms with Crippen LogP contribution in [0, 0.1) is 24.2 Å². The van der Waals surface area contributed by atoms with Gasteiger partial charge in [0.25, 0.3) is 0 Å². The van der Waals surface area contributed by atoms with E-state index in [9.17, 15) is 4.79 Å². The van der Waals surface area contributed by atoms with E-state index in [1.807, 2.05) is 49.9 Å². The number of hydrogen-bond donors (Lipinski definition) is 1. The van der Waals surface area contributed by atoms with Gasteiger partial charge in [-0.3, -0.25) is 9.80 Å². The first-order valence-corrected chi connectivity index (χ1v) is 13.5. The molecule has 0 unspecified atom stereocenters. The molecular weight excluding hydrogens is 472 g/mol. The third-order valence-electron chi connectivity index (χ3n) is 7.32. The molecule has 4 fully saturated rings. The third kappa shape index (κ3) is 6.96. The summed E-state index contributed by atoms with van der Waals surface area (Å²) in [4.78, 5) is 18.7. The molecular formula is C29H39ClN4O2. The molecule has 4 aliphatic rings. The van der Waals surface area contributed by atoms with E-state index in [1.165, 1.54) is 12.8 Å². The lowest BCUT2D eigenvalue weighted by Gasteiger charge is -2.39. The number of rotatable bonds is 0. The van der Waals surface area contributed by atoms with Gasteiger partial charge in [0, 0.05) is 61.9 Å². The zero-order valence-electron chi connectivity index (χ0n) is 21.8. The molecule has 5 rings (SSSR count). The zero-order valence-corrected chi connectivity index (χ0v) is 22.6. The van der Waals surface area contributed by atoms with E-state index in [1.54, 1.807) is 0 Å². The average molecular weight is 511 g/mol. The molecule has 6 nitrogen and oxygen atoms in total. The molecule has 4 aliphatic heterocycles. The maximum Gasteiger partial charge on any atom is 0.410 e. The van der Waals surface area contributed by atoms with E-state index in [0.717, 1.165) is 56.2 Å². The highest BCUT2D eigenvalue weighted by Gasteiger charge is 2.38. The van der Waals surface area contributed by atoms with E-state index >= 15 is 0 Å². The number of benzene rings is 1. The van der Waals surface area contributed by atoms with Crippen molar-refractivity contribution in [1.29, 1.82) is 0 Å². The summed E-state index contributed by atoms with van der Waals surface area (Å²) in [5.41, 5.74) is 0.590. The predicted octanol–water partition coefficient (Wildman–Crippen LogP) is 3.83. The Kier molecular flexibility index (Phi) is 8.86. The molecule has 0 spiro atoms. The van der Waals surface area contributed by atoms with Gasteiger partial charge in [-0.2, -0.15) is 0 Å². The largest absolute Gasteiger partial charge is 0.444 e. The second-order valence-electron chi connectivity index (χ2n) is 11.0. The molecule has 1 amide bonds. The van der Waals surface area contributed by atoms with E-state index in [4.69, 9.17) is 22.8 Å². The summed E-state index contributed by atoms with van der Waals surface area (Å²) in [6.45, 7) is 11.3. The fourth-order valence-electron chi connectivity index (χ4n) is 5.58. The fourth-order valence-corrected chi connectivity index (χ4v) is 5.77. The number of halogens is 1. The Balaban J connectivity index is 0.000000169. The number of nitrogens with one attached hydrogen (secondary N) is 1. The van der Waals surface area contributed by atoms with Crippen molar-refractivity contribution in [2.45, 2.75) is 76.2 Å². The van der Waals surface area contributed by atoms with Gasteiger partial charge in [-0.15, -0.1) is 6.42 Å². The lowest BCUT2D eigenvalue weighted by atomic mass is 10.1. The molecule has 36 heavy (non-hydrogen) atoms. The minimum absolute atomic E-state index is 0.202. The number of carbonyl (C=O) groups excluding carboxylic acids is 1. The second kappa shape index (κ2) is 11.9. The molecule has 4 saturated heterocycles. The van der Waals surface area contributed by atoms with Crippen molar-refractivity contribution in [3.05, 3.63) is 34.9 Å². The average Bonchev–Trinajstić information content (AvgIpc) is 3.45. The lowest BCUT2D eigenvalue weighted by molar-refractivity contribution is 0.00726. The van der Waals surface area contributed by atoms with Gasteiger partial charge in [-0.05, 0) is 64.7 Å². The minimum atomic E-state index is -0.425. The molecule has 0 radical (unpaired) electrons. The van der Waals surface area contributed by atoms with Crippen LogP contribution in [0.5, 0.6) is 0 Å². The molecule has 7 heteroatoms. The molecule has 0 bridgehead atoms. The molecule has 1 aromatic rings. The number of ether oxygens (including phenoxy) is 1. The smallest absolute Gasteiger partial charge is 0.410 e. The van der Waals surface area contributed by atoms with Crippen molar-refractivity contribution < 1.29 is 9.53 Å². The Morgan fingerprint density at radius 2 is 1.83 bits per heavy atom. The van der Waals surface area contributed by atoms with Gasteiger partial charge in [0.15, 0.2) is 0 Å². The van der Waals surface area contributed by atoms with Crippen molar-refractivity contribution in [1.82, 2.24) is 20.0 Å². The SMILES string of the molecule is C#C[C@H]1CC[C@H]2CN(C(=O)OC(C)(C)C)CCN21.Clc1cccc(C#C[C@H]2CC[C@H]3CNCCN32)c1. The highest BCUT2D eigenvalue weighted by Crippen LogP contribution is 2.28. The summed E-state index contributed by atoms with van der Waals surface area (Å²) < 4.78 is 5.41. The normalized spacial score (nSPS) is 28.0. The van der Waals surface area contributed by atoms with Crippen molar-refractivity contribution in [3.8, 4) is 24.2 Å². The molecule has 4 heterocycles. The monoisotopic (exact) mass is 510 g/mol. The highest BCUT2D eigenvalue weighted by atomic mass is 35.5. The van der Waals surface area contributed by atoms with Crippen LogP contribution in [0.1, 0.15) is 52.0 Å².